The van der Waals surface area contributed by atoms with Crippen LogP contribution in [-0.2, 0) is 37.4 Å². The number of nitrogens with one attached hydrogen (secondary N) is 1. The molecule has 0 aromatic heterocycles. The highest BCUT2D eigenvalue weighted by Gasteiger charge is 2.26. The molecular weight excluding hydrogens is 697 g/mol. The monoisotopic (exact) mass is 780 g/mol. The number of hydrogen-bond donors (Lipinski definition) is 3. The number of hydrogen-bond acceptors (Lipinski definition) is 10. The first kappa shape index (κ1) is 51.9. The third-order valence-corrected chi connectivity index (χ3v) is 10.3. The van der Waals surface area contributed by atoms with Gasteiger partial charge in [0.1, 0.15) is 6.61 Å². The Balaban J connectivity index is 4.40. The Kier molecular flexibility index (Phi) is 39.8. The van der Waals surface area contributed by atoms with Gasteiger partial charge in [0, 0.05) is 25.9 Å². The molecule has 2 atom stereocenters. The molecule has 0 radical (unpaired) electrons. The summed E-state index contributed by atoms with van der Waals surface area (Å²) >= 11 is 0. The van der Waals surface area contributed by atoms with Gasteiger partial charge in [0.05, 0.1) is 33.0 Å². The minimum absolute atomic E-state index is 0.0530. The van der Waals surface area contributed by atoms with Crippen LogP contribution in [0.25, 0.3) is 0 Å². The molecule has 0 amide bonds. The van der Waals surface area contributed by atoms with Crippen molar-refractivity contribution in [3.05, 3.63) is 0 Å². The third kappa shape index (κ3) is 40.4. The number of rotatable bonds is 43. The number of carbonyl (C=O) groups excluding carboxylic acids is 2. The largest absolute Gasteiger partial charge is 0.472 e. The number of ether oxygens (including phenoxy) is 3. The fourth-order valence-corrected chi connectivity index (χ4v) is 6.83. The van der Waals surface area contributed by atoms with Crippen LogP contribution in [0.1, 0.15) is 194 Å². The minimum atomic E-state index is -4.43. The van der Waals surface area contributed by atoms with E-state index < -0.39 is 26.5 Å². The van der Waals surface area contributed by atoms with Crippen molar-refractivity contribution in [1.29, 1.82) is 0 Å². The summed E-state index contributed by atoms with van der Waals surface area (Å²) in [5.41, 5.74) is 0. The second-order valence-electron chi connectivity index (χ2n) is 14.5. The number of carbonyl (C=O) groups is 2. The van der Waals surface area contributed by atoms with E-state index in [2.05, 4.69) is 19.2 Å². The van der Waals surface area contributed by atoms with E-state index in [-0.39, 0.29) is 51.8 Å². The first-order valence-corrected chi connectivity index (χ1v) is 23.2. The van der Waals surface area contributed by atoms with Crippen LogP contribution in [0.2, 0.25) is 0 Å². The number of phosphoric acid groups is 1. The molecule has 0 aliphatic rings. The lowest BCUT2D eigenvalue weighted by atomic mass is 10.0. The Hall–Kier alpha value is -1.07. The molecule has 0 rings (SSSR count). The number of esters is 2. The summed E-state index contributed by atoms with van der Waals surface area (Å²) in [4.78, 5) is 35.3. The van der Waals surface area contributed by atoms with Gasteiger partial charge in [-0.25, -0.2) is 4.57 Å². The van der Waals surface area contributed by atoms with E-state index in [0.29, 0.717) is 19.6 Å². The van der Waals surface area contributed by atoms with E-state index in [1.807, 2.05) is 0 Å². The molecule has 0 spiro atoms. The number of aliphatic hydroxyl groups is 1. The maximum absolute atomic E-state index is 12.7. The molecule has 0 aromatic carbocycles. The molecule has 53 heavy (non-hydrogen) atoms. The van der Waals surface area contributed by atoms with Crippen molar-refractivity contribution in [2.24, 2.45) is 0 Å². The molecule has 3 N–H and O–H groups in total. The van der Waals surface area contributed by atoms with Crippen LogP contribution >= 0.6 is 7.82 Å². The molecular formula is C41H82NO10P. The van der Waals surface area contributed by atoms with Gasteiger partial charge in [-0.1, -0.05) is 168 Å². The van der Waals surface area contributed by atoms with Gasteiger partial charge in [-0.15, -0.1) is 0 Å². The number of aliphatic hydroxyl groups excluding tert-OH is 1. The Bertz CT molecular complexity index is 850. The summed E-state index contributed by atoms with van der Waals surface area (Å²) in [6, 6.07) is 0. The van der Waals surface area contributed by atoms with Crippen LogP contribution in [0.15, 0.2) is 0 Å². The molecule has 0 heterocycles. The zero-order chi connectivity index (χ0) is 38.9. The van der Waals surface area contributed by atoms with E-state index >= 15 is 0 Å². The summed E-state index contributed by atoms with van der Waals surface area (Å²) in [6.45, 7) is 5.06. The van der Waals surface area contributed by atoms with Crippen LogP contribution in [0.5, 0.6) is 0 Å². The molecule has 12 heteroatoms. The molecule has 0 bridgehead atoms. The van der Waals surface area contributed by atoms with Crippen LogP contribution < -0.4 is 5.32 Å². The van der Waals surface area contributed by atoms with Gasteiger partial charge in [-0.2, -0.15) is 0 Å². The fraction of sp³-hybridized carbons (Fsp3) is 0.951. The van der Waals surface area contributed by atoms with Crippen molar-refractivity contribution in [2.75, 3.05) is 52.7 Å². The highest BCUT2D eigenvalue weighted by atomic mass is 31.2. The molecule has 0 aliphatic carbocycles. The average molecular weight is 780 g/mol. The molecule has 0 aliphatic heterocycles. The Morgan fingerprint density at radius 2 is 0.962 bits per heavy atom. The lowest BCUT2D eigenvalue weighted by Crippen LogP contribution is -2.29. The molecule has 0 fully saturated rings. The van der Waals surface area contributed by atoms with Crippen molar-refractivity contribution >= 4 is 19.8 Å². The zero-order valence-corrected chi connectivity index (χ0v) is 35.0. The maximum atomic E-state index is 12.7. The third-order valence-electron chi connectivity index (χ3n) is 9.31. The summed E-state index contributed by atoms with van der Waals surface area (Å²) in [6.07, 6.45) is 31.0. The lowest BCUT2D eigenvalue weighted by molar-refractivity contribution is -0.161. The SMILES string of the molecule is CCCCCCCCCCCCCCCC(=O)OCC(COP(=O)(O)OCCNCCOCCO)OC(=O)CCCCCCCCCCCCCCC. The van der Waals surface area contributed by atoms with Gasteiger partial charge < -0.3 is 29.5 Å². The van der Waals surface area contributed by atoms with Gasteiger partial charge in [-0.05, 0) is 12.8 Å². The van der Waals surface area contributed by atoms with Gasteiger partial charge in [0.2, 0.25) is 0 Å². The maximum Gasteiger partial charge on any atom is 0.472 e. The van der Waals surface area contributed by atoms with Crippen LogP contribution in [0.3, 0.4) is 0 Å². The predicted molar refractivity (Wildman–Crippen MR) is 214 cm³/mol. The van der Waals surface area contributed by atoms with E-state index in [0.717, 1.165) is 38.5 Å². The fourth-order valence-electron chi connectivity index (χ4n) is 6.08. The summed E-state index contributed by atoms with van der Waals surface area (Å²) in [7, 11) is -4.43. The van der Waals surface area contributed by atoms with Crippen LogP contribution in [0.4, 0.5) is 0 Å². The first-order valence-electron chi connectivity index (χ1n) is 21.7. The standard InChI is InChI=1S/C41H82NO10P/c1-3-5-7-9-11-13-15-17-19-21-23-25-27-29-40(44)49-37-39(38-51-53(46,47)50-35-32-42-31-34-48-36-33-43)52-41(45)30-28-26-24-22-20-18-16-14-12-10-8-6-4-2/h39,42-43H,3-38H2,1-2H3,(H,46,47). The summed E-state index contributed by atoms with van der Waals surface area (Å²) < 4.78 is 38.7. The molecule has 11 nitrogen and oxygen atoms in total. The molecule has 0 saturated heterocycles. The van der Waals surface area contributed by atoms with E-state index in [4.69, 9.17) is 28.4 Å². The van der Waals surface area contributed by atoms with Crippen LogP contribution in [-0.4, -0.2) is 80.8 Å². The highest BCUT2D eigenvalue weighted by Crippen LogP contribution is 2.43. The van der Waals surface area contributed by atoms with E-state index in [1.54, 1.807) is 0 Å². The molecule has 0 saturated carbocycles. The summed E-state index contributed by atoms with van der Waals surface area (Å²) in [5.74, 6) is -0.835. The Morgan fingerprint density at radius 3 is 1.42 bits per heavy atom. The van der Waals surface area contributed by atoms with Gasteiger partial charge in [-0.3, -0.25) is 18.6 Å². The minimum Gasteiger partial charge on any atom is -0.462 e. The normalized spacial score (nSPS) is 13.2. The average Bonchev–Trinajstić information content (AvgIpc) is 3.14. The zero-order valence-electron chi connectivity index (χ0n) is 34.1. The van der Waals surface area contributed by atoms with Crippen molar-refractivity contribution in [1.82, 2.24) is 5.32 Å². The van der Waals surface area contributed by atoms with Gasteiger partial charge in [0.25, 0.3) is 0 Å². The lowest BCUT2D eigenvalue weighted by Gasteiger charge is -2.20. The van der Waals surface area contributed by atoms with Crippen molar-refractivity contribution < 1.29 is 47.4 Å². The second kappa shape index (κ2) is 40.6. The molecule has 0 aromatic rings. The molecule has 2 unspecified atom stereocenters. The highest BCUT2D eigenvalue weighted by molar-refractivity contribution is 7.47. The number of phosphoric ester groups is 1. The molecule has 316 valence electrons. The van der Waals surface area contributed by atoms with Crippen molar-refractivity contribution in [3.8, 4) is 0 Å². The van der Waals surface area contributed by atoms with Crippen LogP contribution in [0, 0.1) is 0 Å². The topological polar surface area (TPSA) is 150 Å². The van der Waals surface area contributed by atoms with Gasteiger partial charge >= 0.3 is 19.8 Å². The van der Waals surface area contributed by atoms with Crippen molar-refractivity contribution in [3.63, 3.8) is 0 Å². The summed E-state index contributed by atoms with van der Waals surface area (Å²) in [5, 5.41) is 11.7. The smallest absolute Gasteiger partial charge is 0.462 e. The second-order valence-corrected chi connectivity index (χ2v) is 15.9. The van der Waals surface area contributed by atoms with Crippen molar-refractivity contribution in [2.45, 2.75) is 200 Å². The predicted octanol–water partition coefficient (Wildman–Crippen LogP) is 10.1. The van der Waals surface area contributed by atoms with Gasteiger partial charge in [0.15, 0.2) is 6.10 Å². The number of unbranched alkanes of at least 4 members (excludes halogenated alkanes) is 24. The Morgan fingerprint density at radius 1 is 0.547 bits per heavy atom. The Labute approximate surface area is 324 Å². The first-order chi connectivity index (χ1) is 25.8. The van der Waals surface area contributed by atoms with E-state index in [1.165, 1.54) is 122 Å². The quantitative estimate of drug-likeness (QED) is 0.0308. The van der Waals surface area contributed by atoms with E-state index in [9.17, 15) is 19.0 Å².